The van der Waals surface area contributed by atoms with Crippen LogP contribution in [0.15, 0.2) is 18.2 Å². The summed E-state index contributed by atoms with van der Waals surface area (Å²) in [6.45, 7) is -1.98. The molecule has 0 fully saturated rings. The van der Waals surface area contributed by atoms with Crippen LogP contribution in [-0.2, 0) is 0 Å². The van der Waals surface area contributed by atoms with E-state index in [1.807, 2.05) is 0 Å². The molecule has 0 N–H and O–H groups in total. The van der Waals surface area contributed by atoms with E-state index in [2.05, 4.69) is 0 Å². The van der Waals surface area contributed by atoms with Gasteiger partial charge in [-0.2, -0.15) is 13.2 Å². The molecule has 0 aliphatic carbocycles. The number of carbonyl (C=O) groups is 1. The van der Waals surface area contributed by atoms with Crippen molar-refractivity contribution in [3.63, 3.8) is 0 Å². The van der Waals surface area contributed by atoms with Crippen LogP contribution < -0.4 is 0 Å². The van der Waals surface area contributed by atoms with E-state index in [0.717, 1.165) is 6.07 Å². The van der Waals surface area contributed by atoms with E-state index in [4.69, 9.17) is 23.2 Å². The topological polar surface area (TPSA) is 63.4 Å². The van der Waals surface area contributed by atoms with Gasteiger partial charge in [0.05, 0.1) is 9.95 Å². The van der Waals surface area contributed by atoms with E-state index in [9.17, 15) is 28.1 Å². The van der Waals surface area contributed by atoms with Crippen LogP contribution in [0.2, 0.25) is 5.02 Å². The SMILES string of the molecule is O=C(c1c(Cl)cccc1[N+](=O)[O-])N(CCCl)CC(F)(F)F. The summed E-state index contributed by atoms with van der Waals surface area (Å²) in [4.78, 5) is 22.5. The molecule has 0 atom stereocenters. The third-order valence-corrected chi connectivity index (χ3v) is 2.90. The molecule has 0 saturated heterocycles. The molecule has 10 heteroatoms. The summed E-state index contributed by atoms with van der Waals surface area (Å²) in [6, 6.07) is 3.41. The highest BCUT2D eigenvalue weighted by Crippen LogP contribution is 2.28. The molecule has 1 aromatic rings. The lowest BCUT2D eigenvalue weighted by molar-refractivity contribution is -0.385. The Hall–Kier alpha value is -1.54. The fraction of sp³-hybridized carbons (Fsp3) is 0.364. The van der Waals surface area contributed by atoms with Gasteiger partial charge < -0.3 is 4.90 Å². The molecule has 0 aliphatic heterocycles. The van der Waals surface area contributed by atoms with Crippen molar-refractivity contribution in [3.8, 4) is 0 Å². The zero-order chi connectivity index (χ0) is 16.2. The van der Waals surface area contributed by atoms with Crippen molar-refractivity contribution in [1.29, 1.82) is 0 Å². The van der Waals surface area contributed by atoms with Crippen LogP contribution in [0.5, 0.6) is 0 Å². The molecule has 21 heavy (non-hydrogen) atoms. The molecular formula is C11H9Cl2F3N2O3. The highest BCUT2D eigenvalue weighted by Gasteiger charge is 2.35. The molecular weight excluding hydrogens is 336 g/mol. The first kappa shape index (κ1) is 17.5. The normalized spacial score (nSPS) is 11.3. The quantitative estimate of drug-likeness (QED) is 0.466. The average Bonchev–Trinajstić information content (AvgIpc) is 2.35. The monoisotopic (exact) mass is 344 g/mol. The average molecular weight is 345 g/mol. The van der Waals surface area contributed by atoms with Crippen molar-refractivity contribution in [1.82, 2.24) is 4.90 Å². The lowest BCUT2D eigenvalue weighted by Gasteiger charge is -2.23. The van der Waals surface area contributed by atoms with Gasteiger partial charge in [-0.3, -0.25) is 14.9 Å². The summed E-state index contributed by atoms with van der Waals surface area (Å²) in [5.74, 6) is -1.44. The molecule has 0 aliphatic rings. The van der Waals surface area contributed by atoms with E-state index in [1.54, 1.807) is 0 Å². The summed E-state index contributed by atoms with van der Waals surface area (Å²) in [5, 5.41) is 10.6. The molecule has 0 bridgehead atoms. The zero-order valence-corrected chi connectivity index (χ0v) is 11.9. The van der Waals surface area contributed by atoms with Crippen LogP contribution in [0.4, 0.5) is 18.9 Å². The van der Waals surface area contributed by atoms with Crippen LogP contribution in [0, 0.1) is 10.1 Å². The van der Waals surface area contributed by atoms with Gasteiger partial charge in [-0.15, -0.1) is 11.6 Å². The molecule has 1 amide bonds. The fourth-order valence-electron chi connectivity index (χ4n) is 1.61. The van der Waals surface area contributed by atoms with E-state index in [-0.39, 0.29) is 10.9 Å². The standard InChI is InChI=1S/C11H9Cl2F3N2O3/c12-4-5-17(6-11(14,15)16)10(19)9-7(13)2-1-3-8(9)18(20)21/h1-3H,4-6H2. The molecule has 0 unspecified atom stereocenters. The second kappa shape index (κ2) is 6.95. The summed E-state index contributed by atoms with van der Waals surface area (Å²) in [7, 11) is 0. The van der Waals surface area contributed by atoms with Crippen molar-refractivity contribution in [3.05, 3.63) is 38.9 Å². The zero-order valence-electron chi connectivity index (χ0n) is 10.4. The summed E-state index contributed by atoms with van der Waals surface area (Å²) in [6.07, 6.45) is -4.66. The summed E-state index contributed by atoms with van der Waals surface area (Å²) in [5.41, 5.74) is -1.24. The molecule has 116 valence electrons. The maximum atomic E-state index is 12.5. The van der Waals surface area contributed by atoms with Gasteiger partial charge in [-0.1, -0.05) is 17.7 Å². The Morgan fingerprint density at radius 1 is 1.38 bits per heavy atom. The number of carbonyl (C=O) groups excluding carboxylic acids is 1. The number of hydrogen-bond donors (Lipinski definition) is 0. The Labute approximate surface area is 127 Å². The Bertz CT molecular complexity index is 552. The first-order valence-corrected chi connectivity index (χ1v) is 6.43. The first-order valence-electron chi connectivity index (χ1n) is 5.52. The molecule has 0 spiro atoms. The van der Waals surface area contributed by atoms with Crippen LogP contribution in [0.1, 0.15) is 10.4 Å². The van der Waals surface area contributed by atoms with E-state index in [1.165, 1.54) is 12.1 Å². The number of rotatable bonds is 5. The third-order valence-electron chi connectivity index (χ3n) is 2.41. The van der Waals surface area contributed by atoms with Crippen molar-refractivity contribution in [2.24, 2.45) is 0 Å². The summed E-state index contributed by atoms with van der Waals surface area (Å²) < 4.78 is 37.4. The minimum atomic E-state index is -4.66. The number of alkyl halides is 4. The summed E-state index contributed by atoms with van der Waals surface area (Å²) >= 11 is 11.1. The van der Waals surface area contributed by atoms with Crippen molar-refractivity contribution >= 4 is 34.8 Å². The number of amides is 1. The fourth-order valence-corrected chi connectivity index (χ4v) is 2.06. The van der Waals surface area contributed by atoms with Crippen LogP contribution in [-0.4, -0.2) is 40.9 Å². The number of nitro benzene ring substituents is 1. The second-order valence-electron chi connectivity index (χ2n) is 3.92. The van der Waals surface area contributed by atoms with Gasteiger partial charge in [0.1, 0.15) is 12.1 Å². The number of hydrogen-bond acceptors (Lipinski definition) is 3. The van der Waals surface area contributed by atoms with E-state index in [0.29, 0.717) is 4.90 Å². The highest BCUT2D eigenvalue weighted by atomic mass is 35.5. The van der Waals surface area contributed by atoms with Crippen LogP contribution in [0.3, 0.4) is 0 Å². The van der Waals surface area contributed by atoms with Gasteiger partial charge in [-0.05, 0) is 6.07 Å². The van der Waals surface area contributed by atoms with Gasteiger partial charge in [0.25, 0.3) is 11.6 Å². The minimum absolute atomic E-state index is 0.250. The Balaban J connectivity index is 3.24. The molecule has 1 rings (SSSR count). The molecule has 0 saturated carbocycles. The van der Waals surface area contributed by atoms with Crippen LogP contribution in [0.25, 0.3) is 0 Å². The predicted molar refractivity (Wildman–Crippen MR) is 70.8 cm³/mol. The van der Waals surface area contributed by atoms with Gasteiger partial charge in [0.15, 0.2) is 0 Å². The number of nitrogens with zero attached hydrogens (tertiary/aromatic N) is 2. The lowest BCUT2D eigenvalue weighted by atomic mass is 10.1. The Morgan fingerprint density at radius 2 is 2.00 bits per heavy atom. The highest BCUT2D eigenvalue weighted by molar-refractivity contribution is 6.34. The van der Waals surface area contributed by atoms with Gasteiger partial charge in [0, 0.05) is 18.5 Å². The second-order valence-corrected chi connectivity index (χ2v) is 4.71. The van der Waals surface area contributed by atoms with E-state index < -0.39 is 41.3 Å². The first-order chi connectivity index (χ1) is 9.67. The van der Waals surface area contributed by atoms with Crippen LogP contribution >= 0.6 is 23.2 Å². The van der Waals surface area contributed by atoms with Crippen molar-refractivity contribution < 1.29 is 22.9 Å². The minimum Gasteiger partial charge on any atom is -0.328 e. The maximum Gasteiger partial charge on any atom is 0.406 e. The number of nitro groups is 1. The molecule has 0 heterocycles. The molecule has 1 aromatic carbocycles. The maximum absolute atomic E-state index is 12.5. The Morgan fingerprint density at radius 3 is 2.48 bits per heavy atom. The van der Waals surface area contributed by atoms with Gasteiger partial charge >= 0.3 is 6.18 Å². The number of halogens is 5. The van der Waals surface area contributed by atoms with Gasteiger partial charge in [0.2, 0.25) is 0 Å². The third kappa shape index (κ3) is 4.75. The predicted octanol–water partition coefficient (Wildman–Crippen LogP) is 3.49. The largest absolute Gasteiger partial charge is 0.406 e. The lowest BCUT2D eigenvalue weighted by Crippen LogP contribution is -2.40. The van der Waals surface area contributed by atoms with Crippen molar-refractivity contribution in [2.75, 3.05) is 19.0 Å². The molecule has 5 nitrogen and oxygen atoms in total. The molecule has 0 aromatic heterocycles. The Kier molecular flexibility index (Phi) is 5.79. The van der Waals surface area contributed by atoms with Crippen molar-refractivity contribution in [2.45, 2.75) is 6.18 Å². The number of benzene rings is 1. The molecule has 0 radical (unpaired) electrons. The van der Waals surface area contributed by atoms with E-state index >= 15 is 0 Å². The van der Waals surface area contributed by atoms with Gasteiger partial charge in [-0.25, -0.2) is 0 Å². The smallest absolute Gasteiger partial charge is 0.328 e.